The summed E-state index contributed by atoms with van der Waals surface area (Å²) in [7, 11) is 0. The number of benzene rings is 1. The summed E-state index contributed by atoms with van der Waals surface area (Å²) >= 11 is 0. The molecule has 2 rings (SSSR count). The van der Waals surface area contributed by atoms with E-state index in [1.807, 2.05) is 0 Å². The summed E-state index contributed by atoms with van der Waals surface area (Å²) in [6.07, 6.45) is 0. The molecule has 100 valence electrons. The van der Waals surface area contributed by atoms with Crippen LogP contribution in [-0.4, -0.2) is 10.1 Å². The summed E-state index contributed by atoms with van der Waals surface area (Å²) in [5, 5.41) is 14.6. The standard InChI is InChI=1S/C12H13N3O4/c1-8-4-10(19-14-8)7-18-12-5-9(6-13)2-3-11(12)15(16)17/h2-5H,6-7,13H2,1H3. The molecule has 1 aromatic heterocycles. The van der Waals surface area contributed by atoms with Crippen molar-refractivity contribution in [2.24, 2.45) is 5.73 Å². The number of nitro groups is 1. The molecule has 2 aromatic rings. The molecule has 1 heterocycles. The molecule has 7 heteroatoms. The number of nitrogens with two attached hydrogens (primary N) is 1. The number of hydrogen-bond acceptors (Lipinski definition) is 6. The maximum absolute atomic E-state index is 10.9. The van der Waals surface area contributed by atoms with E-state index in [2.05, 4.69) is 5.16 Å². The molecular formula is C12H13N3O4. The van der Waals surface area contributed by atoms with Gasteiger partial charge in [-0.3, -0.25) is 10.1 Å². The van der Waals surface area contributed by atoms with E-state index in [1.165, 1.54) is 6.07 Å². The highest BCUT2D eigenvalue weighted by Gasteiger charge is 2.16. The average Bonchev–Trinajstić information content (AvgIpc) is 2.81. The molecule has 2 N–H and O–H groups in total. The minimum atomic E-state index is -0.499. The second-order valence-electron chi connectivity index (χ2n) is 3.99. The Morgan fingerprint density at radius 3 is 2.84 bits per heavy atom. The predicted octanol–water partition coefficient (Wildman–Crippen LogP) is 1.93. The van der Waals surface area contributed by atoms with Crippen molar-refractivity contribution >= 4 is 5.69 Å². The first kappa shape index (κ1) is 13.0. The average molecular weight is 263 g/mol. The van der Waals surface area contributed by atoms with Gasteiger partial charge in [-0.25, -0.2) is 0 Å². The monoisotopic (exact) mass is 263 g/mol. The first-order valence-corrected chi connectivity index (χ1v) is 5.62. The topological polar surface area (TPSA) is 104 Å². The van der Waals surface area contributed by atoms with Gasteiger partial charge in [-0.15, -0.1) is 0 Å². The van der Waals surface area contributed by atoms with Gasteiger partial charge in [-0.05, 0) is 18.6 Å². The Morgan fingerprint density at radius 2 is 2.26 bits per heavy atom. The van der Waals surface area contributed by atoms with E-state index in [0.717, 1.165) is 11.3 Å². The zero-order valence-corrected chi connectivity index (χ0v) is 10.3. The lowest BCUT2D eigenvalue weighted by atomic mass is 10.2. The lowest BCUT2D eigenvalue weighted by molar-refractivity contribution is -0.386. The van der Waals surface area contributed by atoms with Crippen LogP contribution < -0.4 is 10.5 Å². The fourth-order valence-electron chi connectivity index (χ4n) is 1.59. The maximum Gasteiger partial charge on any atom is 0.310 e. The minimum absolute atomic E-state index is 0.0791. The second-order valence-corrected chi connectivity index (χ2v) is 3.99. The maximum atomic E-state index is 10.9. The molecule has 0 amide bonds. The van der Waals surface area contributed by atoms with Gasteiger partial charge < -0.3 is 15.0 Å². The normalized spacial score (nSPS) is 10.4. The van der Waals surface area contributed by atoms with Gasteiger partial charge in [0.2, 0.25) is 0 Å². The van der Waals surface area contributed by atoms with Gasteiger partial charge in [0.25, 0.3) is 0 Å². The van der Waals surface area contributed by atoms with Gasteiger partial charge in [0, 0.05) is 18.7 Å². The van der Waals surface area contributed by atoms with Crippen LogP contribution in [0, 0.1) is 17.0 Å². The largest absolute Gasteiger partial charge is 0.479 e. The molecule has 0 bridgehead atoms. The molecule has 0 aliphatic rings. The smallest absolute Gasteiger partial charge is 0.310 e. The third-order valence-electron chi connectivity index (χ3n) is 2.50. The summed E-state index contributed by atoms with van der Waals surface area (Å²) in [6, 6.07) is 6.24. The van der Waals surface area contributed by atoms with Crippen LogP contribution in [-0.2, 0) is 13.2 Å². The minimum Gasteiger partial charge on any atom is -0.479 e. The van der Waals surface area contributed by atoms with E-state index in [1.54, 1.807) is 25.1 Å². The third kappa shape index (κ3) is 3.08. The molecule has 0 aliphatic carbocycles. The Bertz CT molecular complexity index is 594. The Kier molecular flexibility index (Phi) is 3.76. The van der Waals surface area contributed by atoms with Crippen molar-refractivity contribution in [1.82, 2.24) is 5.16 Å². The number of nitro benzene ring substituents is 1. The van der Waals surface area contributed by atoms with Crippen LogP contribution in [0.2, 0.25) is 0 Å². The Balaban J connectivity index is 2.19. The van der Waals surface area contributed by atoms with E-state index < -0.39 is 4.92 Å². The SMILES string of the molecule is Cc1cc(COc2cc(CN)ccc2[N+](=O)[O-])on1. The summed E-state index contributed by atoms with van der Waals surface area (Å²) in [6.45, 7) is 2.15. The van der Waals surface area contributed by atoms with Crippen molar-refractivity contribution < 1.29 is 14.2 Å². The first-order valence-electron chi connectivity index (χ1n) is 5.62. The Labute approximate surface area is 109 Å². The van der Waals surface area contributed by atoms with Crippen molar-refractivity contribution in [3.05, 3.63) is 51.4 Å². The number of rotatable bonds is 5. The van der Waals surface area contributed by atoms with Crippen LogP contribution in [0.1, 0.15) is 17.0 Å². The highest BCUT2D eigenvalue weighted by Crippen LogP contribution is 2.28. The van der Waals surface area contributed by atoms with E-state index in [9.17, 15) is 10.1 Å². The number of aryl methyl sites for hydroxylation is 1. The fraction of sp³-hybridized carbons (Fsp3) is 0.250. The first-order chi connectivity index (χ1) is 9.10. The van der Waals surface area contributed by atoms with Crippen molar-refractivity contribution in [1.29, 1.82) is 0 Å². The van der Waals surface area contributed by atoms with Crippen LogP contribution >= 0.6 is 0 Å². The van der Waals surface area contributed by atoms with Gasteiger partial charge in [0.15, 0.2) is 11.5 Å². The zero-order chi connectivity index (χ0) is 13.8. The second kappa shape index (κ2) is 5.49. The van der Waals surface area contributed by atoms with Crippen LogP contribution in [0.25, 0.3) is 0 Å². The predicted molar refractivity (Wildman–Crippen MR) is 66.6 cm³/mol. The van der Waals surface area contributed by atoms with E-state index in [4.69, 9.17) is 15.0 Å². The lowest BCUT2D eigenvalue weighted by Gasteiger charge is -2.06. The van der Waals surface area contributed by atoms with Gasteiger partial charge in [-0.2, -0.15) is 0 Å². The van der Waals surface area contributed by atoms with E-state index in [-0.39, 0.29) is 24.6 Å². The summed E-state index contributed by atoms with van der Waals surface area (Å²) in [5.74, 6) is 0.673. The van der Waals surface area contributed by atoms with Crippen LogP contribution in [0.5, 0.6) is 5.75 Å². The number of nitrogens with zero attached hydrogens (tertiary/aromatic N) is 2. The number of hydrogen-bond donors (Lipinski definition) is 1. The molecule has 0 atom stereocenters. The van der Waals surface area contributed by atoms with Crippen LogP contribution in [0.3, 0.4) is 0 Å². The van der Waals surface area contributed by atoms with Crippen molar-refractivity contribution in [3.8, 4) is 5.75 Å². The van der Waals surface area contributed by atoms with Crippen LogP contribution in [0.4, 0.5) is 5.69 Å². The molecule has 0 unspecified atom stereocenters. The third-order valence-corrected chi connectivity index (χ3v) is 2.50. The van der Waals surface area contributed by atoms with E-state index in [0.29, 0.717) is 5.76 Å². The van der Waals surface area contributed by atoms with Crippen molar-refractivity contribution in [2.45, 2.75) is 20.1 Å². The quantitative estimate of drug-likeness (QED) is 0.652. The van der Waals surface area contributed by atoms with Gasteiger partial charge in [0.1, 0.15) is 6.61 Å². The highest BCUT2D eigenvalue weighted by atomic mass is 16.6. The lowest BCUT2D eigenvalue weighted by Crippen LogP contribution is -2.01. The molecule has 19 heavy (non-hydrogen) atoms. The molecule has 7 nitrogen and oxygen atoms in total. The molecule has 0 fully saturated rings. The summed E-state index contributed by atoms with van der Waals surface area (Å²) in [5.41, 5.74) is 6.88. The summed E-state index contributed by atoms with van der Waals surface area (Å²) in [4.78, 5) is 10.4. The fourth-order valence-corrected chi connectivity index (χ4v) is 1.59. The Hall–Kier alpha value is -2.41. The molecule has 0 spiro atoms. The molecule has 0 aliphatic heterocycles. The van der Waals surface area contributed by atoms with Gasteiger partial charge in [-0.1, -0.05) is 11.2 Å². The molecule has 0 radical (unpaired) electrons. The van der Waals surface area contributed by atoms with Crippen LogP contribution in [0.15, 0.2) is 28.8 Å². The molecule has 1 aromatic carbocycles. The number of ether oxygens (including phenoxy) is 1. The van der Waals surface area contributed by atoms with Gasteiger partial charge in [0.05, 0.1) is 10.6 Å². The molecular weight excluding hydrogens is 250 g/mol. The molecule has 0 saturated carbocycles. The zero-order valence-electron chi connectivity index (χ0n) is 10.3. The highest BCUT2D eigenvalue weighted by molar-refractivity contribution is 5.48. The van der Waals surface area contributed by atoms with Crippen molar-refractivity contribution in [2.75, 3.05) is 0 Å². The van der Waals surface area contributed by atoms with E-state index >= 15 is 0 Å². The molecule has 0 saturated heterocycles. The summed E-state index contributed by atoms with van der Waals surface area (Å²) < 4.78 is 10.4. The van der Waals surface area contributed by atoms with Gasteiger partial charge >= 0.3 is 5.69 Å². The number of aromatic nitrogens is 1. The van der Waals surface area contributed by atoms with Crippen molar-refractivity contribution in [3.63, 3.8) is 0 Å². The Morgan fingerprint density at radius 1 is 1.47 bits per heavy atom.